The van der Waals surface area contributed by atoms with Crippen molar-refractivity contribution in [3.63, 3.8) is 0 Å². The van der Waals surface area contributed by atoms with Crippen LogP contribution in [0, 0.1) is 17.8 Å². The number of allylic oxidation sites excluding steroid dienone is 1. The molecule has 1 fully saturated rings. The van der Waals surface area contributed by atoms with Gasteiger partial charge in [-0.2, -0.15) is 0 Å². The summed E-state index contributed by atoms with van der Waals surface area (Å²) in [6.45, 7) is 0.167. The fourth-order valence-corrected chi connectivity index (χ4v) is 7.23. The standard InChI is InChI=1S/C31H38N4O9/c1-34(2)18-11-17(33-12-13-6-7-20(44-5)19(36)8-13)25(37)22-15(18)9-14-10-16-24(35(3)4)27(39)23(30(32)42)29(41)31(16,43)28(40)21(14)26(22)38/h6-8,11,14,16,23-24,27,33,36-37,39-40,43H,9-10,12H2,1-5H3,(H2,32,42)/t14-,16-,23?,24-,27?,31-/m0/s1. The number of carbonyl (C=O) groups excluding carboxylic acids is 3. The zero-order chi connectivity index (χ0) is 32.4. The average molecular weight is 611 g/mol. The monoisotopic (exact) mass is 610 g/mol. The number of fused-ring (bicyclic) bond motifs is 3. The highest BCUT2D eigenvalue weighted by Gasteiger charge is 2.66. The van der Waals surface area contributed by atoms with E-state index in [1.54, 1.807) is 56.2 Å². The van der Waals surface area contributed by atoms with Gasteiger partial charge in [0.05, 0.1) is 24.5 Å². The van der Waals surface area contributed by atoms with Gasteiger partial charge in [0.1, 0.15) is 17.4 Å². The number of hydrogen-bond acceptors (Lipinski definition) is 12. The Balaban J connectivity index is 1.61. The zero-order valence-electron chi connectivity index (χ0n) is 25.2. The van der Waals surface area contributed by atoms with Crippen LogP contribution in [0.5, 0.6) is 17.2 Å². The first-order valence-corrected chi connectivity index (χ1v) is 14.2. The Morgan fingerprint density at radius 3 is 2.39 bits per heavy atom. The fraction of sp³-hybridized carbons (Fsp3) is 0.452. The highest BCUT2D eigenvalue weighted by Crippen LogP contribution is 2.54. The number of ether oxygens (including phenoxy) is 1. The van der Waals surface area contributed by atoms with E-state index in [4.69, 9.17) is 10.5 Å². The number of rotatable bonds is 7. The summed E-state index contributed by atoms with van der Waals surface area (Å²) in [5.74, 6) is -7.64. The molecule has 2 unspecified atom stereocenters. The molecule has 13 nitrogen and oxygen atoms in total. The lowest BCUT2D eigenvalue weighted by Crippen LogP contribution is -2.71. The summed E-state index contributed by atoms with van der Waals surface area (Å²) < 4.78 is 5.08. The molecule has 3 aliphatic carbocycles. The highest BCUT2D eigenvalue weighted by molar-refractivity contribution is 6.17. The number of anilines is 2. The van der Waals surface area contributed by atoms with Crippen LogP contribution in [0.2, 0.25) is 0 Å². The minimum Gasteiger partial charge on any atom is -0.508 e. The Morgan fingerprint density at radius 1 is 1.14 bits per heavy atom. The molecule has 0 spiro atoms. The van der Waals surface area contributed by atoms with Gasteiger partial charge < -0.3 is 51.1 Å². The first-order valence-electron chi connectivity index (χ1n) is 14.2. The Hall–Kier alpha value is -4.33. The number of aliphatic hydroxyl groups excluding tert-OH is 2. The summed E-state index contributed by atoms with van der Waals surface area (Å²) in [6.07, 6.45) is -1.32. The van der Waals surface area contributed by atoms with Crippen LogP contribution in [-0.4, -0.2) is 101 Å². The summed E-state index contributed by atoms with van der Waals surface area (Å²) in [4.78, 5) is 43.3. The number of nitrogens with one attached hydrogen (secondary N) is 1. The Morgan fingerprint density at radius 2 is 1.82 bits per heavy atom. The van der Waals surface area contributed by atoms with Crippen molar-refractivity contribution >= 4 is 28.8 Å². The molecular formula is C31H38N4O9. The molecule has 3 aliphatic rings. The number of carbonyl (C=O) groups is 3. The van der Waals surface area contributed by atoms with E-state index in [2.05, 4.69) is 5.32 Å². The Labute approximate surface area is 254 Å². The zero-order valence-corrected chi connectivity index (χ0v) is 25.2. The maximum Gasteiger partial charge on any atom is 0.230 e. The molecule has 1 amide bonds. The third kappa shape index (κ3) is 4.54. The van der Waals surface area contributed by atoms with E-state index in [-0.39, 0.29) is 47.7 Å². The third-order valence-electron chi connectivity index (χ3n) is 9.28. The van der Waals surface area contributed by atoms with Crippen LogP contribution in [0.15, 0.2) is 35.6 Å². The second-order valence-corrected chi connectivity index (χ2v) is 12.2. The molecular weight excluding hydrogens is 572 g/mol. The average Bonchev–Trinajstić information content (AvgIpc) is 2.94. The van der Waals surface area contributed by atoms with Crippen LogP contribution in [0.25, 0.3) is 0 Å². The normalized spacial score (nSPS) is 27.9. The minimum absolute atomic E-state index is 0.0345. The van der Waals surface area contributed by atoms with Crippen LogP contribution in [-0.2, 0) is 22.6 Å². The number of aromatic hydroxyl groups is 2. The first-order chi connectivity index (χ1) is 20.6. The lowest BCUT2D eigenvalue weighted by atomic mass is 9.56. The molecule has 44 heavy (non-hydrogen) atoms. The number of primary amides is 1. The van der Waals surface area contributed by atoms with E-state index in [9.17, 15) is 39.9 Å². The summed E-state index contributed by atoms with van der Waals surface area (Å²) in [5, 5.41) is 59.1. The SMILES string of the molecule is COc1ccc(CNc2cc(N(C)C)c3c(c2O)C(=O)C2=C(O)[C@]4(O)C(=O)C(C(N)=O)C(O)[C@@H](N(C)C)[C@@H]4C[C@@H]2C3)cc1O. The van der Waals surface area contributed by atoms with Crippen molar-refractivity contribution in [2.45, 2.75) is 37.1 Å². The summed E-state index contributed by atoms with van der Waals surface area (Å²) >= 11 is 0. The molecule has 13 heteroatoms. The quantitative estimate of drug-likeness (QED) is 0.171. The number of amides is 1. The molecule has 1 saturated carbocycles. The number of phenols is 2. The van der Waals surface area contributed by atoms with Crippen LogP contribution >= 0.6 is 0 Å². The molecule has 6 atom stereocenters. The number of nitrogens with zero attached hydrogens (tertiary/aromatic N) is 2. The molecule has 0 radical (unpaired) electrons. The van der Waals surface area contributed by atoms with Gasteiger partial charge in [-0.3, -0.25) is 14.4 Å². The van der Waals surface area contributed by atoms with Crippen molar-refractivity contribution in [2.24, 2.45) is 23.5 Å². The molecule has 0 saturated heterocycles. The van der Waals surface area contributed by atoms with Gasteiger partial charge in [0, 0.05) is 43.9 Å². The second-order valence-electron chi connectivity index (χ2n) is 12.2. The van der Waals surface area contributed by atoms with Gasteiger partial charge in [0.15, 0.2) is 28.7 Å². The first kappa shape index (κ1) is 31.1. The van der Waals surface area contributed by atoms with Crippen LogP contribution in [0.4, 0.5) is 11.4 Å². The van der Waals surface area contributed by atoms with Crippen LogP contribution < -0.4 is 20.7 Å². The van der Waals surface area contributed by atoms with Gasteiger partial charge in [0.2, 0.25) is 5.91 Å². The third-order valence-corrected chi connectivity index (χ3v) is 9.28. The van der Waals surface area contributed by atoms with E-state index in [1.165, 1.54) is 13.2 Å². The maximum atomic E-state index is 14.2. The van der Waals surface area contributed by atoms with E-state index in [0.717, 1.165) is 0 Å². The number of nitrogens with two attached hydrogens (primary N) is 1. The highest BCUT2D eigenvalue weighted by atomic mass is 16.5. The minimum atomic E-state index is -2.65. The molecule has 2 aromatic carbocycles. The van der Waals surface area contributed by atoms with Gasteiger partial charge in [-0.1, -0.05) is 6.07 Å². The maximum absolute atomic E-state index is 14.2. The number of methoxy groups -OCH3 is 1. The van der Waals surface area contributed by atoms with Crippen molar-refractivity contribution < 1.29 is 44.7 Å². The molecule has 5 rings (SSSR count). The van der Waals surface area contributed by atoms with Gasteiger partial charge in [-0.05, 0) is 62.2 Å². The van der Waals surface area contributed by atoms with E-state index in [0.29, 0.717) is 22.6 Å². The lowest BCUT2D eigenvalue weighted by molar-refractivity contribution is -0.178. The smallest absolute Gasteiger partial charge is 0.230 e. The number of benzene rings is 2. The van der Waals surface area contributed by atoms with Crippen LogP contribution in [0.3, 0.4) is 0 Å². The summed E-state index contributed by atoms with van der Waals surface area (Å²) in [6, 6.07) is 5.58. The molecule has 8 N–H and O–H groups in total. The number of ketones is 2. The fourth-order valence-electron chi connectivity index (χ4n) is 7.23. The summed E-state index contributed by atoms with van der Waals surface area (Å²) in [5.41, 5.74) is 4.51. The molecule has 236 valence electrons. The van der Waals surface area contributed by atoms with Crippen molar-refractivity contribution in [3.05, 3.63) is 52.3 Å². The number of phenolic OH excluding ortho intramolecular Hbond substituents is 2. The Kier molecular flexibility index (Phi) is 7.77. The number of likely N-dealkylation sites (N-methyl/N-ethyl adjacent to an activating group) is 1. The van der Waals surface area contributed by atoms with Gasteiger partial charge in [-0.15, -0.1) is 0 Å². The molecule has 0 heterocycles. The lowest BCUT2D eigenvalue weighted by Gasteiger charge is -2.53. The van der Waals surface area contributed by atoms with Gasteiger partial charge >= 0.3 is 0 Å². The van der Waals surface area contributed by atoms with Crippen LogP contribution in [0.1, 0.15) is 27.9 Å². The predicted molar refractivity (Wildman–Crippen MR) is 160 cm³/mol. The topological polar surface area (TPSA) is 206 Å². The Bertz CT molecular complexity index is 1590. The number of hydrogen-bond donors (Lipinski definition) is 7. The molecule has 2 aromatic rings. The van der Waals surface area contributed by atoms with Crippen molar-refractivity contribution in [1.29, 1.82) is 0 Å². The van der Waals surface area contributed by atoms with Crippen molar-refractivity contribution in [1.82, 2.24) is 4.90 Å². The van der Waals surface area contributed by atoms with Crippen molar-refractivity contribution in [3.8, 4) is 17.2 Å². The van der Waals surface area contributed by atoms with Gasteiger partial charge in [-0.25, -0.2) is 0 Å². The van der Waals surface area contributed by atoms with E-state index >= 15 is 0 Å². The molecule has 0 aliphatic heterocycles. The number of aliphatic hydroxyl groups is 3. The van der Waals surface area contributed by atoms with E-state index in [1.807, 2.05) is 0 Å². The largest absolute Gasteiger partial charge is 0.508 e. The predicted octanol–water partition coefficient (Wildman–Crippen LogP) is 0.678. The summed E-state index contributed by atoms with van der Waals surface area (Å²) in [7, 11) is 8.23. The van der Waals surface area contributed by atoms with E-state index < -0.39 is 58.7 Å². The molecule has 0 aromatic heterocycles. The van der Waals surface area contributed by atoms with Gasteiger partial charge in [0.25, 0.3) is 0 Å². The number of Topliss-reactive ketones (excluding diaryl/α,β-unsaturated/α-hetero) is 2. The van der Waals surface area contributed by atoms with Crippen molar-refractivity contribution in [2.75, 3.05) is 45.5 Å². The second kappa shape index (κ2) is 11.0. The molecule has 0 bridgehead atoms.